The summed E-state index contributed by atoms with van der Waals surface area (Å²) in [7, 11) is -4.30. The van der Waals surface area contributed by atoms with E-state index in [0.29, 0.717) is 30.0 Å². The Bertz CT molecular complexity index is 1260. The lowest BCUT2D eigenvalue weighted by molar-refractivity contribution is 0.0710. The molecule has 33 heavy (non-hydrogen) atoms. The molecule has 1 amide bonds. The van der Waals surface area contributed by atoms with Crippen LogP contribution in [0.2, 0.25) is 5.02 Å². The molecule has 10 heteroatoms. The lowest BCUT2D eigenvalue weighted by Gasteiger charge is -2.39. The van der Waals surface area contributed by atoms with E-state index in [0.717, 1.165) is 22.5 Å². The van der Waals surface area contributed by atoms with Crippen molar-refractivity contribution in [1.82, 2.24) is 9.88 Å². The highest BCUT2D eigenvalue weighted by molar-refractivity contribution is 7.92. The molecule has 1 unspecified atom stereocenters. The molecule has 0 radical (unpaired) electrons. The van der Waals surface area contributed by atoms with Crippen LogP contribution in [-0.2, 0) is 10.0 Å². The Morgan fingerprint density at radius 1 is 1.06 bits per heavy atom. The number of nitrogens with zero attached hydrogens (tertiary/aromatic N) is 3. The van der Waals surface area contributed by atoms with E-state index in [2.05, 4.69) is 4.98 Å². The van der Waals surface area contributed by atoms with E-state index in [-0.39, 0.29) is 17.3 Å². The highest BCUT2D eigenvalue weighted by atomic mass is 35.5. The molecule has 1 aromatic heterocycles. The molecule has 2 heterocycles. The summed E-state index contributed by atoms with van der Waals surface area (Å²) in [6.07, 6.45) is 3.84. The van der Waals surface area contributed by atoms with Gasteiger partial charge in [0.2, 0.25) is 0 Å². The van der Waals surface area contributed by atoms with Crippen LogP contribution in [-0.4, -0.2) is 43.3 Å². The van der Waals surface area contributed by atoms with Gasteiger partial charge in [-0.2, -0.15) is 0 Å². The van der Waals surface area contributed by atoms with Gasteiger partial charge in [0.15, 0.2) is 0 Å². The van der Waals surface area contributed by atoms with Crippen molar-refractivity contribution in [3.63, 3.8) is 0 Å². The molecule has 3 aromatic rings. The normalized spacial score (nSPS) is 16.5. The molecule has 0 aliphatic carbocycles. The number of carbonyl (C=O) groups excluding carboxylic acids is 1. The minimum Gasteiger partial charge on any atom is -0.337 e. The number of amides is 1. The van der Waals surface area contributed by atoms with Gasteiger partial charge in [-0.3, -0.25) is 14.1 Å². The Morgan fingerprint density at radius 3 is 2.45 bits per heavy atom. The van der Waals surface area contributed by atoms with Crippen LogP contribution in [0, 0.1) is 11.6 Å². The average Bonchev–Trinajstić information content (AvgIpc) is 2.82. The van der Waals surface area contributed by atoms with Gasteiger partial charge in [0, 0.05) is 42.1 Å². The van der Waals surface area contributed by atoms with E-state index in [1.807, 2.05) is 0 Å². The first kappa shape index (κ1) is 23.1. The lowest BCUT2D eigenvalue weighted by Crippen LogP contribution is -2.52. The summed E-state index contributed by atoms with van der Waals surface area (Å²) >= 11 is 5.90. The number of sulfonamides is 1. The molecule has 1 aliphatic rings. The monoisotopic (exact) mass is 491 g/mol. The van der Waals surface area contributed by atoms with E-state index in [1.165, 1.54) is 41.6 Å². The van der Waals surface area contributed by atoms with Crippen molar-refractivity contribution in [2.45, 2.75) is 23.8 Å². The van der Waals surface area contributed by atoms with E-state index >= 15 is 0 Å². The number of aromatic nitrogens is 1. The van der Waals surface area contributed by atoms with Gasteiger partial charge < -0.3 is 4.90 Å². The SMILES string of the molecule is O=C(c1ccncc1)N1CCCC(N(c2cc(F)ccc2F)S(=O)(=O)c2ccc(Cl)cc2)C1. The van der Waals surface area contributed by atoms with Gasteiger partial charge in [0.05, 0.1) is 16.6 Å². The molecular weight excluding hydrogens is 472 g/mol. The molecule has 1 fully saturated rings. The summed E-state index contributed by atoms with van der Waals surface area (Å²) in [6.45, 7) is 0.433. The maximum Gasteiger partial charge on any atom is 0.264 e. The zero-order valence-corrected chi connectivity index (χ0v) is 18.9. The molecule has 4 rings (SSSR count). The zero-order chi connectivity index (χ0) is 23.6. The molecule has 1 aliphatic heterocycles. The fourth-order valence-electron chi connectivity index (χ4n) is 3.90. The van der Waals surface area contributed by atoms with Crippen molar-refractivity contribution >= 4 is 33.2 Å². The number of hydrogen-bond acceptors (Lipinski definition) is 4. The van der Waals surface area contributed by atoms with Crippen molar-refractivity contribution in [3.05, 3.63) is 89.2 Å². The third-order valence-electron chi connectivity index (χ3n) is 5.46. The van der Waals surface area contributed by atoms with Crippen LogP contribution in [0.1, 0.15) is 23.2 Å². The van der Waals surface area contributed by atoms with Crippen LogP contribution in [0.15, 0.2) is 71.9 Å². The fraction of sp³-hybridized carbons (Fsp3) is 0.217. The van der Waals surface area contributed by atoms with Crippen LogP contribution < -0.4 is 4.31 Å². The summed E-state index contributed by atoms with van der Waals surface area (Å²) in [5.41, 5.74) is 0.00264. The van der Waals surface area contributed by atoms with Gasteiger partial charge in [-0.15, -0.1) is 0 Å². The van der Waals surface area contributed by atoms with E-state index in [1.54, 1.807) is 12.1 Å². The van der Waals surface area contributed by atoms with Gasteiger partial charge in [-0.05, 0) is 61.4 Å². The summed E-state index contributed by atoms with van der Waals surface area (Å²) in [4.78, 5) is 18.3. The highest BCUT2D eigenvalue weighted by Gasteiger charge is 2.37. The largest absolute Gasteiger partial charge is 0.337 e. The van der Waals surface area contributed by atoms with Crippen LogP contribution in [0.5, 0.6) is 0 Å². The van der Waals surface area contributed by atoms with Crippen LogP contribution in [0.4, 0.5) is 14.5 Å². The van der Waals surface area contributed by atoms with E-state index in [4.69, 9.17) is 11.6 Å². The molecule has 1 saturated heterocycles. The topological polar surface area (TPSA) is 70.6 Å². The number of rotatable bonds is 5. The Balaban J connectivity index is 1.75. The highest BCUT2D eigenvalue weighted by Crippen LogP contribution is 2.33. The van der Waals surface area contributed by atoms with Gasteiger partial charge in [-0.25, -0.2) is 17.2 Å². The van der Waals surface area contributed by atoms with E-state index < -0.39 is 33.4 Å². The second-order valence-corrected chi connectivity index (χ2v) is 9.88. The first-order chi connectivity index (χ1) is 15.8. The molecule has 172 valence electrons. The fourth-order valence-corrected chi connectivity index (χ4v) is 5.70. The molecule has 2 aromatic carbocycles. The molecular formula is C23H20ClF2N3O3S. The number of hydrogen-bond donors (Lipinski definition) is 0. The van der Waals surface area contributed by atoms with Crippen molar-refractivity contribution in [2.75, 3.05) is 17.4 Å². The molecule has 1 atom stereocenters. The third kappa shape index (κ3) is 4.84. The number of likely N-dealkylation sites (tertiary alicyclic amines) is 1. The second-order valence-electron chi connectivity index (χ2n) is 7.63. The maximum absolute atomic E-state index is 14.8. The van der Waals surface area contributed by atoms with Gasteiger partial charge >= 0.3 is 0 Å². The first-order valence-corrected chi connectivity index (χ1v) is 12.0. The molecule has 0 bridgehead atoms. The summed E-state index contributed by atoms with van der Waals surface area (Å²) in [6, 6.07) is 10.4. The second kappa shape index (κ2) is 9.44. The summed E-state index contributed by atoms with van der Waals surface area (Å²) in [5, 5.41) is 0.337. The van der Waals surface area contributed by atoms with Crippen molar-refractivity contribution in [1.29, 1.82) is 0 Å². The quantitative estimate of drug-likeness (QED) is 0.526. The lowest BCUT2D eigenvalue weighted by atomic mass is 10.0. The Hall–Kier alpha value is -3.04. The van der Waals surface area contributed by atoms with Crippen LogP contribution in [0.3, 0.4) is 0 Å². The van der Waals surface area contributed by atoms with Crippen LogP contribution >= 0.6 is 11.6 Å². The number of pyridine rings is 1. The van der Waals surface area contributed by atoms with Gasteiger partial charge in [-0.1, -0.05) is 11.6 Å². The number of anilines is 1. The van der Waals surface area contributed by atoms with Crippen molar-refractivity contribution in [3.8, 4) is 0 Å². The summed E-state index contributed by atoms with van der Waals surface area (Å²) < 4.78 is 57.1. The molecule has 6 nitrogen and oxygen atoms in total. The number of halogens is 3. The first-order valence-electron chi connectivity index (χ1n) is 10.2. The maximum atomic E-state index is 14.8. The minimum atomic E-state index is -4.30. The predicted molar refractivity (Wildman–Crippen MR) is 121 cm³/mol. The number of piperidine rings is 1. The van der Waals surface area contributed by atoms with Crippen molar-refractivity contribution in [2.24, 2.45) is 0 Å². The van der Waals surface area contributed by atoms with Crippen LogP contribution in [0.25, 0.3) is 0 Å². The third-order valence-corrected chi connectivity index (χ3v) is 7.59. The van der Waals surface area contributed by atoms with Gasteiger partial charge in [0.25, 0.3) is 15.9 Å². The Morgan fingerprint density at radius 2 is 1.76 bits per heavy atom. The number of benzene rings is 2. The standard InChI is InChI=1S/C23H20ClF2N3O3S/c24-17-3-6-20(7-4-17)33(31,32)29(22-14-18(25)5-8-21(22)26)19-2-1-13-28(15-19)23(30)16-9-11-27-12-10-16/h3-12,14,19H,1-2,13,15H2. The molecule has 0 spiro atoms. The predicted octanol–water partition coefficient (Wildman–Crippen LogP) is 4.51. The number of carbonyl (C=O) groups is 1. The van der Waals surface area contributed by atoms with E-state index in [9.17, 15) is 22.0 Å². The van der Waals surface area contributed by atoms with Crippen molar-refractivity contribution < 1.29 is 22.0 Å². The molecule has 0 saturated carbocycles. The zero-order valence-electron chi connectivity index (χ0n) is 17.4. The smallest absolute Gasteiger partial charge is 0.264 e. The van der Waals surface area contributed by atoms with Gasteiger partial charge in [0.1, 0.15) is 11.6 Å². The Kier molecular flexibility index (Phi) is 6.62. The minimum absolute atomic E-state index is 0.0178. The summed E-state index contributed by atoms with van der Waals surface area (Å²) in [5.74, 6) is -1.94. The Labute approximate surface area is 195 Å². The average molecular weight is 492 g/mol. The molecule has 0 N–H and O–H groups in total.